The van der Waals surface area contributed by atoms with Crippen LogP contribution in [0.25, 0.3) is 0 Å². The van der Waals surface area contributed by atoms with Crippen molar-refractivity contribution >= 4 is 37.6 Å². The highest BCUT2D eigenvalue weighted by Crippen LogP contribution is 2.35. The largest absolute Gasteiger partial charge is 0.419 e. The minimum Gasteiger partial charge on any atom is -0.293 e. The van der Waals surface area contributed by atoms with Crippen LogP contribution in [0.4, 0.5) is 17.6 Å². The van der Waals surface area contributed by atoms with Gasteiger partial charge in [-0.05, 0) is 28.1 Å². The molecule has 0 heterocycles. The van der Waals surface area contributed by atoms with Crippen LogP contribution >= 0.6 is 31.9 Å². The second-order valence-corrected chi connectivity index (χ2v) is 4.29. The van der Waals surface area contributed by atoms with E-state index in [9.17, 15) is 22.4 Å². The maximum atomic E-state index is 13.2. The van der Waals surface area contributed by atoms with Gasteiger partial charge in [-0.25, -0.2) is 4.39 Å². The van der Waals surface area contributed by atoms with Crippen LogP contribution in [0.3, 0.4) is 0 Å². The van der Waals surface area contributed by atoms with Gasteiger partial charge in [-0.15, -0.1) is 0 Å². The lowest BCUT2D eigenvalue weighted by Gasteiger charge is -2.10. The first-order chi connectivity index (χ1) is 7.27. The van der Waals surface area contributed by atoms with Gasteiger partial charge in [0.25, 0.3) is 0 Å². The molecule has 88 valence electrons. The Bertz CT molecular complexity index is 428. The summed E-state index contributed by atoms with van der Waals surface area (Å²) < 4.78 is 49.9. The average Bonchev–Trinajstić information content (AvgIpc) is 2.18. The number of hydrogen-bond donors (Lipinski definition) is 0. The highest BCUT2D eigenvalue weighted by Gasteiger charge is 2.35. The van der Waals surface area contributed by atoms with Gasteiger partial charge in [0.2, 0.25) is 0 Å². The van der Waals surface area contributed by atoms with Crippen LogP contribution in [0.15, 0.2) is 16.6 Å². The van der Waals surface area contributed by atoms with Crippen molar-refractivity contribution in [2.24, 2.45) is 0 Å². The van der Waals surface area contributed by atoms with Gasteiger partial charge in [0.15, 0.2) is 5.78 Å². The van der Waals surface area contributed by atoms with Crippen molar-refractivity contribution in [3.05, 3.63) is 33.5 Å². The van der Waals surface area contributed by atoms with Crippen LogP contribution in [0, 0.1) is 5.82 Å². The number of hydrogen-bond acceptors (Lipinski definition) is 1. The number of Topliss-reactive ketones (excluding diaryl/α,β-unsaturated/α-hetero) is 1. The molecule has 0 fully saturated rings. The third kappa shape index (κ3) is 2.82. The summed E-state index contributed by atoms with van der Waals surface area (Å²) in [7, 11) is 0. The molecule has 0 radical (unpaired) electrons. The summed E-state index contributed by atoms with van der Waals surface area (Å²) in [5.41, 5.74) is -1.65. The van der Waals surface area contributed by atoms with Crippen LogP contribution < -0.4 is 0 Å². The van der Waals surface area contributed by atoms with Crippen molar-refractivity contribution in [1.82, 2.24) is 0 Å². The minimum atomic E-state index is -4.82. The van der Waals surface area contributed by atoms with E-state index >= 15 is 0 Å². The minimum absolute atomic E-state index is 0.123. The predicted octanol–water partition coefficient (Wildman–Crippen LogP) is 4.18. The van der Waals surface area contributed by atoms with Crippen molar-refractivity contribution in [2.45, 2.75) is 6.18 Å². The van der Waals surface area contributed by atoms with E-state index in [0.717, 1.165) is 6.07 Å². The van der Waals surface area contributed by atoms with E-state index in [-0.39, 0.29) is 15.4 Å². The monoisotopic (exact) mass is 362 g/mol. The van der Waals surface area contributed by atoms with Gasteiger partial charge in [0, 0.05) is 5.56 Å². The van der Waals surface area contributed by atoms with Crippen molar-refractivity contribution in [2.75, 3.05) is 5.33 Å². The summed E-state index contributed by atoms with van der Waals surface area (Å²) in [4.78, 5) is 11.2. The van der Waals surface area contributed by atoms with Crippen LogP contribution in [0.1, 0.15) is 15.9 Å². The molecule has 0 saturated heterocycles. The number of carbonyl (C=O) groups is 1. The number of alkyl halides is 4. The van der Waals surface area contributed by atoms with E-state index in [1.165, 1.54) is 0 Å². The Labute approximate surface area is 105 Å². The molecule has 0 spiro atoms. The van der Waals surface area contributed by atoms with Gasteiger partial charge in [0.05, 0.1) is 15.4 Å². The second kappa shape index (κ2) is 4.83. The zero-order valence-corrected chi connectivity index (χ0v) is 10.7. The first kappa shape index (κ1) is 13.6. The molecule has 0 N–H and O–H groups in total. The fourth-order valence-electron chi connectivity index (χ4n) is 1.03. The summed E-state index contributed by atoms with van der Waals surface area (Å²) in [5.74, 6) is -1.97. The molecular formula is C9H4Br2F4O. The molecule has 1 nitrogen and oxygen atoms in total. The van der Waals surface area contributed by atoms with Crippen LogP contribution in [-0.4, -0.2) is 11.1 Å². The van der Waals surface area contributed by atoms with Gasteiger partial charge in [0.1, 0.15) is 5.82 Å². The molecule has 0 atom stereocenters. The van der Waals surface area contributed by atoms with Crippen molar-refractivity contribution in [3.63, 3.8) is 0 Å². The van der Waals surface area contributed by atoms with Crippen LogP contribution in [-0.2, 0) is 6.18 Å². The molecule has 0 aromatic heterocycles. The molecule has 1 rings (SSSR count). The number of halogens is 6. The maximum Gasteiger partial charge on any atom is 0.419 e. The Morgan fingerprint density at radius 3 is 2.31 bits per heavy atom. The van der Waals surface area contributed by atoms with Crippen molar-refractivity contribution in [3.8, 4) is 0 Å². The van der Waals surface area contributed by atoms with E-state index in [1.807, 2.05) is 0 Å². The molecule has 0 amide bonds. The molecule has 1 aromatic rings. The Morgan fingerprint density at radius 1 is 1.31 bits per heavy atom. The van der Waals surface area contributed by atoms with Gasteiger partial charge >= 0.3 is 6.18 Å². The molecule has 0 bridgehead atoms. The zero-order chi connectivity index (χ0) is 12.5. The Hall–Kier alpha value is -0.430. The first-order valence-corrected chi connectivity index (χ1v) is 5.84. The summed E-state index contributed by atoms with van der Waals surface area (Å²) in [6.07, 6.45) is -4.82. The molecule has 0 aliphatic carbocycles. The summed E-state index contributed by atoms with van der Waals surface area (Å²) in [6, 6.07) is 1.53. The summed E-state index contributed by atoms with van der Waals surface area (Å²) >= 11 is 5.47. The smallest absolute Gasteiger partial charge is 0.293 e. The molecule has 7 heteroatoms. The number of rotatable bonds is 2. The molecular weight excluding hydrogens is 360 g/mol. The van der Waals surface area contributed by atoms with E-state index in [0.29, 0.717) is 6.07 Å². The SMILES string of the molecule is O=C(CBr)c1cc(Br)c(F)c(C(F)(F)F)c1. The summed E-state index contributed by atoms with van der Waals surface area (Å²) in [6.45, 7) is 0. The highest BCUT2D eigenvalue weighted by molar-refractivity contribution is 9.10. The lowest BCUT2D eigenvalue weighted by atomic mass is 10.1. The standard InChI is InChI=1S/C9H4Br2F4O/c10-3-7(16)4-1-5(9(13,14)15)8(12)6(11)2-4/h1-2H,3H2. The maximum absolute atomic E-state index is 13.2. The third-order valence-electron chi connectivity index (χ3n) is 1.78. The zero-order valence-electron chi connectivity index (χ0n) is 7.54. The van der Waals surface area contributed by atoms with Crippen molar-refractivity contribution in [1.29, 1.82) is 0 Å². The van der Waals surface area contributed by atoms with Gasteiger partial charge in [-0.2, -0.15) is 13.2 Å². The quantitative estimate of drug-likeness (QED) is 0.437. The number of carbonyl (C=O) groups excluding carboxylic acids is 1. The number of ketones is 1. The molecule has 0 aliphatic heterocycles. The predicted molar refractivity (Wildman–Crippen MR) is 57.2 cm³/mol. The molecule has 1 aromatic carbocycles. The Kier molecular flexibility index (Phi) is 4.12. The topological polar surface area (TPSA) is 17.1 Å². The van der Waals surface area contributed by atoms with E-state index in [4.69, 9.17) is 0 Å². The number of benzene rings is 1. The van der Waals surface area contributed by atoms with Gasteiger partial charge in [-0.3, -0.25) is 4.79 Å². The van der Waals surface area contributed by atoms with Crippen LogP contribution in [0.2, 0.25) is 0 Å². The van der Waals surface area contributed by atoms with Gasteiger partial charge < -0.3 is 0 Å². The second-order valence-electron chi connectivity index (χ2n) is 2.87. The lowest BCUT2D eigenvalue weighted by molar-refractivity contribution is -0.140. The summed E-state index contributed by atoms with van der Waals surface area (Å²) in [5, 5.41) is -0.123. The average molecular weight is 364 g/mol. The fourth-order valence-corrected chi connectivity index (χ4v) is 1.82. The van der Waals surface area contributed by atoms with E-state index < -0.39 is 23.3 Å². The fraction of sp³-hybridized carbons (Fsp3) is 0.222. The Balaban J connectivity index is 3.39. The third-order valence-corrected chi connectivity index (χ3v) is 2.86. The highest BCUT2D eigenvalue weighted by atomic mass is 79.9. The molecule has 0 unspecified atom stereocenters. The van der Waals surface area contributed by atoms with Crippen LogP contribution in [0.5, 0.6) is 0 Å². The molecule has 0 aliphatic rings. The lowest BCUT2D eigenvalue weighted by Crippen LogP contribution is -2.11. The van der Waals surface area contributed by atoms with Crippen molar-refractivity contribution < 1.29 is 22.4 Å². The normalized spacial score (nSPS) is 11.6. The molecule has 16 heavy (non-hydrogen) atoms. The van der Waals surface area contributed by atoms with E-state index in [2.05, 4.69) is 31.9 Å². The van der Waals surface area contributed by atoms with E-state index in [1.54, 1.807) is 0 Å². The first-order valence-electron chi connectivity index (χ1n) is 3.92. The Morgan fingerprint density at radius 2 is 1.88 bits per heavy atom. The van der Waals surface area contributed by atoms with Gasteiger partial charge in [-0.1, -0.05) is 15.9 Å². The molecule has 0 saturated carbocycles.